The number of para-hydroxylation sites is 1. The van der Waals surface area contributed by atoms with Gasteiger partial charge in [0.2, 0.25) is 0 Å². The SMILES string of the molecule is c1ccc(-c2cccc3cccc(-c4ccc(N(c5ccc(-c6ccc(C78CCC(CC7)C8)cc6)cc5)c5ccc6c(c5)oc5ccccc56)cc4)c23)cc1. The maximum Gasteiger partial charge on any atom is 0.137 e. The Hall–Kier alpha value is -6.38. The third-order valence-corrected chi connectivity index (χ3v) is 12.7. The van der Waals surface area contributed by atoms with Gasteiger partial charge in [-0.15, -0.1) is 0 Å². The molecule has 2 bridgehead atoms. The third-order valence-electron chi connectivity index (χ3n) is 12.7. The summed E-state index contributed by atoms with van der Waals surface area (Å²) >= 11 is 0. The first-order valence-corrected chi connectivity index (χ1v) is 19.8. The molecule has 0 spiro atoms. The highest BCUT2D eigenvalue weighted by Crippen LogP contribution is 2.55. The average molecular weight is 708 g/mol. The molecule has 2 nitrogen and oxygen atoms in total. The summed E-state index contributed by atoms with van der Waals surface area (Å²) in [5, 5.41) is 4.78. The lowest BCUT2D eigenvalue weighted by molar-refractivity contribution is 0.419. The van der Waals surface area contributed by atoms with Gasteiger partial charge in [0.25, 0.3) is 0 Å². The summed E-state index contributed by atoms with van der Waals surface area (Å²) in [5.74, 6) is 0.949. The van der Waals surface area contributed by atoms with E-state index in [2.05, 4.69) is 175 Å². The molecule has 0 amide bonds. The number of hydrogen-bond acceptors (Lipinski definition) is 2. The Labute approximate surface area is 322 Å². The minimum atomic E-state index is 0.432. The van der Waals surface area contributed by atoms with E-state index in [0.29, 0.717) is 5.41 Å². The Kier molecular flexibility index (Phi) is 7.52. The third kappa shape index (κ3) is 5.47. The molecule has 264 valence electrons. The van der Waals surface area contributed by atoms with Crippen molar-refractivity contribution in [3.05, 3.63) is 188 Å². The maximum absolute atomic E-state index is 6.39. The first-order chi connectivity index (χ1) is 27.2. The van der Waals surface area contributed by atoms with Crippen molar-refractivity contribution < 1.29 is 4.42 Å². The maximum atomic E-state index is 6.39. The smallest absolute Gasteiger partial charge is 0.137 e. The lowest BCUT2D eigenvalue weighted by atomic mass is 9.77. The van der Waals surface area contributed by atoms with Gasteiger partial charge in [-0.3, -0.25) is 0 Å². The molecule has 0 saturated heterocycles. The fourth-order valence-electron chi connectivity index (χ4n) is 9.95. The molecule has 1 heterocycles. The van der Waals surface area contributed by atoms with Crippen LogP contribution in [0, 0.1) is 5.92 Å². The van der Waals surface area contributed by atoms with Crippen LogP contribution in [-0.2, 0) is 5.41 Å². The van der Waals surface area contributed by atoms with Gasteiger partial charge in [0.15, 0.2) is 0 Å². The quantitative estimate of drug-likeness (QED) is 0.164. The van der Waals surface area contributed by atoms with E-state index in [1.807, 2.05) is 12.1 Å². The fourth-order valence-corrected chi connectivity index (χ4v) is 9.95. The molecule has 9 aromatic rings. The van der Waals surface area contributed by atoms with Gasteiger partial charge in [-0.25, -0.2) is 0 Å². The van der Waals surface area contributed by atoms with E-state index in [9.17, 15) is 0 Å². The summed E-state index contributed by atoms with van der Waals surface area (Å²) < 4.78 is 6.39. The van der Waals surface area contributed by atoms with E-state index in [-0.39, 0.29) is 0 Å². The summed E-state index contributed by atoms with van der Waals surface area (Å²) in [6, 6.07) is 66.5. The monoisotopic (exact) mass is 707 g/mol. The van der Waals surface area contributed by atoms with Crippen molar-refractivity contribution in [2.45, 2.75) is 37.5 Å². The number of fused-ring (bicyclic) bond motifs is 6. The number of benzene rings is 8. The number of hydrogen-bond donors (Lipinski definition) is 0. The van der Waals surface area contributed by atoms with Crippen LogP contribution >= 0.6 is 0 Å². The van der Waals surface area contributed by atoms with E-state index >= 15 is 0 Å². The highest BCUT2D eigenvalue weighted by molar-refractivity contribution is 6.07. The van der Waals surface area contributed by atoms with Crippen LogP contribution in [-0.4, -0.2) is 0 Å². The van der Waals surface area contributed by atoms with Gasteiger partial charge in [0.1, 0.15) is 11.2 Å². The number of anilines is 3. The Morgan fingerprint density at radius 1 is 0.455 bits per heavy atom. The van der Waals surface area contributed by atoms with Gasteiger partial charge in [-0.05, 0) is 136 Å². The topological polar surface area (TPSA) is 16.4 Å². The zero-order valence-electron chi connectivity index (χ0n) is 30.8. The van der Waals surface area contributed by atoms with Crippen LogP contribution < -0.4 is 4.90 Å². The van der Waals surface area contributed by atoms with E-state index in [4.69, 9.17) is 4.42 Å². The van der Waals surface area contributed by atoms with Gasteiger partial charge < -0.3 is 9.32 Å². The molecule has 8 aromatic carbocycles. The molecule has 1 aromatic heterocycles. The molecule has 0 aliphatic heterocycles. The molecular weight excluding hydrogens is 667 g/mol. The van der Waals surface area contributed by atoms with E-state index in [0.717, 1.165) is 44.9 Å². The second-order valence-electron chi connectivity index (χ2n) is 15.8. The van der Waals surface area contributed by atoms with Crippen LogP contribution in [0.2, 0.25) is 0 Å². The largest absolute Gasteiger partial charge is 0.456 e. The van der Waals surface area contributed by atoms with Gasteiger partial charge >= 0.3 is 0 Å². The summed E-state index contributed by atoms with van der Waals surface area (Å²) in [6.45, 7) is 0. The zero-order valence-corrected chi connectivity index (χ0v) is 30.8. The Morgan fingerprint density at radius 2 is 1.02 bits per heavy atom. The molecule has 2 aliphatic carbocycles. The standard InChI is InChI=1S/C53H41NO/c1-2-8-39(9-3-1)46-13-6-10-41-11-7-14-47(52(41)46)40-20-26-44(27-21-40)54(45-28-29-49-48-12-4-5-15-50(48)55-51(49)34-45)43-24-18-38(19-25-43)37-16-22-42(23-17-37)53-32-30-36(35-53)31-33-53/h1-29,34,36H,30-33,35H2. The lowest BCUT2D eigenvalue weighted by Crippen LogP contribution is -2.19. The zero-order chi connectivity index (χ0) is 36.3. The number of furan rings is 1. The molecule has 0 N–H and O–H groups in total. The molecule has 0 unspecified atom stereocenters. The van der Waals surface area contributed by atoms with Crippen LogP contribution in [0.3, 0.4) is 0 Å². The van der Waals surface area contributed by atoms with Crippen molar-refractivity contribution in [1.82, 2.24) is 0 Å². The fraction of sp³-hybridized carbons (Fsp3) is 0.132. The molecule has 2 saturated carbocycles. The first-order valence-electron chi connectivity index (χ1n) is 19.8. The highest BCUT2D eigenvalue weighted by atomic mass is 16.3. The summed E-state index contributed by atoms with van der Waals surface area (Å²) in [7, 11) is 0. The molecule has 55 heavy (non-hydrogen) atoms. The Bertz CT molecular complexity index is 2820. The van der Waals surface area contributed by atoms with Crippen LogP contribution in [0.25, 0.3) is 66.1 Å². The van der Waals surface area contributed by atoms with Crippen molar-refractivity contribution in [1.29, 1.82) is 0 Å². The van der Waals surface area contributed by atoms with Crippen LogP contribution in [0.4, 0.5) is 17.1 Å². The van der Waals surface area contributed by atoms with E-state index in [1.165, 1.54) is 76.3 Å². The van der Waals surface area contributed by atoms with E-state index in [1.54, 1.807) is 5.56 Å². The van der Waals surface area contributed by atoms with Crippen LogP contribution in [0.5, 0.6) is 0 Å². The summed E-state index contributed by atoms with van der Waals surface area (Å²) in [6.07, 6.45) is 6.92. The van der Waals surface area contributed by atoms with Crippen molar-refractivity contribution in [2.24, 2.45) is 5.92 Å². The first kappa shape index (κ1) is 32.1. The normalized spacial score (nSPS) is 17.7. The Balaban J connectivity index is 0.982. The second kappa shape index (κ2) is 12.9. The van der Waals surface area contributed by atoms with Gasteiger partial charge in [0, 0.05) is 33.9 Å². The number of rotatable bonds is 7. The minimum absolute atomic E-state index is 0.432. The van der Waals surface area contributed by atoms with Gasteiger partial charge in [0.05, 0.1) is 0 Å². The van der Waals surface area contributed by atoms with E-state index < -0.39 is 0 Å². The van der Waals surface area contributed by atoms with Crippen molar-refractivity contribution >= 4 is 49.8 Å². The Morgan fingerprint density at radius 3 is 1.67 bits per heavy atom. The van der Waals surface area contributed by atoms with Crippen molar-refractivity contribution in [3.8, 4) is 33.4 Å². The summed E-state index contributed by atoms with van der Waals surface area (Å²) in [5.41, 5.74) is 14.4. The number of nitrogens with zero attached hydrogens (tertiary/aromatic N) is 1. The van der Waals surface area contributed by atoms with Gasteiger partial charge in [-0.1, -0.05) is 133 Å². The second-order valence-corrected chi connectivity index (χ2v) is 15.8. The molecule has 0 atom stereocenters. The van der Waals surface area contributed by atoms with Gasteiger partial charge in [-0.2, -0.15) is 0 Å². The predicted octanol–water partition coefficient (Wildman–Crippen LogP) is 15.0. The molecular formula is C53H41NO. The highest BCUT2D eigenvalue weighted by Gasteiger charge is 2.45. The molecule has 11 rings (SSSR count). The van der Waals surface area contributed by atoms with Crippen molar-refractivity contribution in [3.63, 3.8) is 0 Å². The minimum Gasteiger partial charge on any atom is -0.456 e. The van der Waals surface area contributed by atoms with Crippen LogP contribution in [0.1, 0.15) is 37.7 Å². The molecule has 0 radical (unpaired) electrons. The van der Waals surface area contributed by atoms with Crippen molar-refractivity contribution in [2.75, 3.05) is 4.90 Å². The van der Waals surface area contributed by atoms with Crippen LogP contribution in [0.15, 0.2) is 186 Å². The molecule has 2 fully saturated rings. The average Bonchev–Trinajstić information content (AvgIpc) is 3.99. The summed E-state index contributed by atoms with van der Waals surface area (Å²) in [4.78, 5) is 2.34. The lowest BCUT2D eigenvalue weighted by Gasteiger charge is -2.27. The molecule has 2 aliphatic rings. The molecule has 2 heteroatoms. The predicted molar refractivity (Wildman–Crippen MR) is 230 cm³/mol.